The second kappa shape index (κ2) is 10.1. The van der Waals surface area contributed by atoms with Gasteiger partial charge in [-0.2, -0.15) is 0 Å². The number of rotatable bonds is 7. The molecule has 0 saturated heterocycles. The number of aromatic nitrogens is 2. The number of aliphatic imine (C=N–C) groups is 1. The number of guanidine groups is 1. The molecule has 1 aliphatic rings. The predicted octanol–water partition coefficient (Wildman–Crippen LogP) is 3.43. The van der Waals surface area contributed by atoms with Gasteiger partial charge in [0.05, 0.1) is 23.9 Å². The van der Waals surface area contributed by atoms with Gasteiger partial charge in [-0.15, -0.1) is 35.3 Å². The van der Waals surface area contributed by atoms with E-state index in [0.717, 1.165) is 41.3 Å². The van der Waals surface area contributed by atoms with Gasteiger partial charge in [-0.25, -0.2) is 9.97 Å². The number of pyridine rings is 1. The van der Waals surface area contributed by atoms with Crippen LogP contribution in [0.25, 0.3) is 0 Å². The van der Waals surface area contributed by atoms with Crippen LogP contribution in [0.4, 0.5) is 0 Å². The minimum absolute atomic E-state index is 0. The normalized spacial score (nSPS) is 13.9. The molecule has 1 fully saturated rings. The number of hydrogen-bond acceptors (Lipinski definition) is 5. The van der Waals surface area contributed by atoms with Gasteiger partial charge in [0, 0.05) is 30.7 Å². The molecule has 2 N–H and O–H groups in total. The Bertz CT molecular complexity index is 745. The Hall–Kier alpha value is -1.42. The van der Waals surface area contributed by atoms with Crippen LogP contribution in [0.3, 0.4) is 0 Å². The van der Waals surface area contributed by atoms with Gasteiger partial charge in [0.1, 0.15) is 0 Å². The Morgan fingerprint density at radius 2 is 2.08 bits per heavy atom. The van der Waals surface area contributed by atoms with Crippen molar-refractivity contribution in [3.05, 3.63) is 39.5 Å². The summed E-state index contributed by atoms with van der Waals surface area (Å²) < 4.78 is 5.73. The highest BCUT2D eigenvalue weighted by Crippen LogP contribution is 2.29. The fourth-order valence-corrected chi connectivity index (χ4v) is 3.31. The topological polar surface area (TPSA) is 71.4 Å². The predicted molar refractivity (Wildman–Crippen MR) is 116 cm³/mol. The highest BCUT2D eigenvalue weighted by atomic mass is 127. The van der Waals surface area contributed by atoms with Crippen molar-refractivity contribution in [2.45, 2.75) is 39.8 Å². The Labute approximate surface area is 175 Å². The third-order valence-electron chi connectivity index (χ3n) is 4.06. The van der Waals surface area contributed by atoms with Gasteiger partial charge in [-0.3, -0.25) is 4.99 Å². The van der Waals surface area contributed by atoms with Crippen molar-refractivity contribution in [1.82, 2.24) is 20.6 Å². The molecule has 0 atom stereocenters. The number of nitrogens with one attached hydrogen (secondary N) is 2. The minimum Gasteiger partial charge on any atom is -0.477 e. The molecular formula is C18H26IN5OS. The zero-order chi connectivity index (χ0) is 17.6. The van der Waals surface area contributed by atoms with Crippen LogP contribution in [-0.4, -0.2) is 29.6 Å². The van der Waals surface area contributed by atoms with E-state index in [1.165, 1.54) is 17.7 Å². The van der Waals surface area contributed by atoms with Crippen LogP contribution in [0, 0.1) is 19.8 Å². The molecule has 2 aromatic rings. The summed E-state index contributed by atoms with van der Waals surface area (Å²) in [6.07, 6.45) is 4.35. The van der Waals surface area contributed by atoms with Crippen molar-refractivity contribution < 1.29 is 4.74 Å². The van der Waals surface area contributed by atoms with Gasteiger partial charge >= 0.3 is 0 Å². The lowest BCUT2D eigenvalue weighted by Gasteiger charge is -2.12. The van der Waals surface area contributed by atoms with E-state index in [4.69, 9.17) is 4.74 Å². The number of nitrogens with zero attached hydrogens (tertiary/aromatic N) is 3. The minimum atomic E-state index is 0. The number of ether oxygens (including phenoxy) is 1. The highest BCUT2D eigenvalue weighted by molar-refractivity contribution is 14.0. The van der Waals surface area contributed by atoms with E-state index in [0.29, 0.717) is 12.4 Å². The summed E-state index contributed by atoms with van der Waals surface area (Å²) >= 11 is 1.71. The smallest absolute Gasteiger partial charge is 0.213 e. The molecule has 8 heteroatoms. The fraction of sp³-hybridized carbons (Fsp3) is 0.500. The average molecular weight is 487 g/mol. The van der Waals surface area contributed by atoms with Gasteiger partial charge in [0.25, 0.3) is 0 Å². The highest BCUT2D eigenvalue weighted by Gasteiger charge is 2.22. The molecule has 0 aromatic carbocycles. The van der Waals surface area contributed by atoms with Crippen LogP contribution < -0.4 is 15.4 Å². The molecule has 0 unspecified atom stereocenters. The van der Waals surface area contributed by atoms with Gasteiger partial charge < -0.3 is 15.4 Å². The maximum Gasteiger partial charge on any atom is 0.213 e. The summed E-state index contributed by atoms with van der Waals surface area (Å²) in [6, 6.07) is 3.97. The summed E-state index contributed by atoms with van der Waals surface area (Å²) in [5, 5.41) is 7.75. The third kappa shape index (κ3) is 6.39. The van der Waals surface area contributed by atoms with Crippen LogP contribution in [0.2, 0.25) is 0 Å². The molecule has 142 valence electrons. The monoisotopic (exact) mass is 487 g/mol. The van der Waals surface area contributed by atoms with E-state index in [1.807, 2.05) is 26.0 Å². The zero-order valence-electron chi connectivity index (χ0n) is 15.4. The fourth-order valence-electron chi connectivity index (χ4n) is 2.43. The van der Waals surface area contributed by atoms with Gasteiger partial charge in [-0.05, 0) is 44.2 Å². The lowest BCUT2D eigenvalue weighted by Crippen LogP contribution is -2.36. The lowest BCUT2D eigenvalue weighted by molar-refractivity contribution is 0.288. The second-order valence-corrected chi connectivity index (χ2v) is 7.57. The molecular weight excluding hydrogens is 461 g/mol. The molecule has 1 aliphatic carbocycles. The first kappa shape index (κ1) is 20.9. The van der Waals surface area contributed by atoms with Gasteiger partial charge in [-0.1, -0.05) is 0 Å². The van der Waals surface area contributed by atoms with Crippen molar-refractivity contribution in [2.75, 3.05) is 13.7 Å². The van der Waals surface area contributed by atoms with E-state index in [9.17, 15) is 0 Å². The van der Waals surface area contributed by atoms with Crippen LogP contribution in [0.15, 0.2) is 23.3 Å². The molecule has 6 nitrogen and oxygen atoms in total. The Morgan fingerprint density at radius 3 is 2.73 bits per heavy atom. The number of aryl methyl sites for hydroxylation is 2. The van der Waals surface area contributed by atoms with Crippen LogP contribution >= 0.6 is 35.3 Å². The molecule has 0 radical (unpaired) electrons. The average Bonchev–Trinajstić information content (AvgIpc) is 3.38. The molecule has 2 aromatic heterocycles. The van der Waals surface area contributed by atoms with Crippen molar-refractivity contribution in [3.8, 4) is 5.88 Å². The zero-order valence-corrected chi connectivity index (χ0v) is 18.6. The van der Waals surface area contributed by atoms with Gasteiger partial charge in [0.2, 0.25) is 5.88 Å². The molecule has 26 heavy (non-hydrogen) atoms. The van der Waals surface area contributed by atoms with Crippen LogP contribution in [-0.2, 0) is 13.1 Å². The molecule has 2 heterocycles. The van der Waals surface area contributed by atoms with E-state index >= 15 is 0 Å². The van der Waals surface area contributed by atoms with Crippen molar-refractivity contribution in [2.24, 2.45) is 10.9 Å². The van der Waals surface area contributed by atoms with E-state index in [-0.39, 0.29) is 24.0 Å². The van der Waals surface area contributed by atoms with Crippen LogP contribution in [0.5, 0.6) is 5.88 Å². The summed E-state index contributed by atoms with van der Waals surface area (Å²) in [4.78, 5) is 14.2. The summed E-state index contributed by atoms with van der Waals surface area (Å²) in [5.41, 5.74) is 2.20. The SMILES string of the molecule is CN=C(NCc1ccnc(OCC2CC2)c1)NCc1sc(C)nc1C.I. The summed E-state index contributed by atoms with van der Waals surface area (Å²) in [7, 11) is 1.77. The standard InChI is InChI=1S/C18H25N5OS.HI/c1-12-16(25-13(2)23-12)10-22-18(19-3)21-9-15-6-7-20-17(8-15)24-11-14-4-5-14;/h6-8,14H,4-5,9-11H2,1-3H3,(H2,19,21,22);1H. The van der Waals surface area contributed by atoms with E-state index in [1.54, 1.807) is 24.6 Å². The van der Waals surface area contributed by atoms with Crippen LogP contribution in [0.1, 0.15) is 34.0 Å². The maximum atomic E-state index is 5.73. The quantitative estimate of drug-likeness (QED) is 0.356. The summed E-state index contributed by atoms with van der Waals surface area (Å²) in [6.45, 7) is 6.24. The Balaban J connectivity index is 0.00000243. The molecule has 0 bridgehead atoms. The maximum absolute atomic E-state index is 5.73. The molecule has 3 rings (SSSR count). The first-order chi connectivity index (χ1) is 12.1. The lowest BCUT2D eigenvalue weighted by atomic mass is 10.2. The van der Waals surface area contributed by atoms with Gasteiger partial charge in [0.15, 0.2) is 5.96 Å². The third-order valence-corrected chi connectivity index (χ3v) is 5.14. The molecule has 0 aliphatic heterocycles. The van der Waals surface area contributed by atoms with Crippen molar-refractivity contribution in [3.63, 3.8) is 0 Å². The molecule has 0 spiro atoms. The van der Waals surface area contributed by atoms with E-state index < -0.39 is 0 Å². The second-order valence-electron chi connectivity index (χ2n) is 6.28. The van der Waals surface area contributed by atoms with Crippen molar-refractivity contribution >= 4 is 41.3 Å². The first-order valence-corrected chi connectivity index (χ1v) is 9.41. The Kier molecular flexibility index (Phi) is 8.08. The first-order valence-electron chi connectivity index (χ1n) is 8.59. The molecule has 1 saturated carbocycles. The Morgan fingerprint density at radius 1 is 1.31 bits per heavy atom. The molecule has 0 amide bonds. The summed E-state index contributed by atoms with van der Waals surface area (Å²) in [5.74, 6) is 2.19. The largest absolute Gasteiger partial charge is 0.477 e. The van der Waals surface area contributed by atoms with E-state index in [2.05, 4.69) is 25.6 Å². The number of thiazole rings is 1. The van der Waals surface area contributed by atoms with Crippen molar-refractivity contribution in [1.29, 1.82) is 0 Å². The number of halogens is 1. The number of hydrogen-bond donors (Lipinski definition) is 2.